The van der Waals surface area contributed by atoms with Gasteiger partial charge in [-0.1, -0.05) is 6.07 Å². The van der Waals surface area contributed by atoms with Crippen LogP contribution >= 0.6 is 23.3 Å². The summed E-state index contributed by atoms with van der Waals surface area (Å²) in [4.78, 5) is 30.2. The van der Waals surface area contributed by atoms with Crippen molar-refractivity contribution in [1.82, 2.24) is 14.3 Å². The Hall–Kier alpha value is -2.62. The monoisotopic (exact) mass is 499 g/mol. The van der Waals surface area contributed by atoms with Gasteiger partial charge < -0.3 is 4.74 Å². The fraction of sp³-hybridized carbons (Fsp3) is 0.360. The van der Waals surface area contributed by atoms with Crippen molar-refractivity contribution in [3.63, 3.8) is 0 Å². The lowest BCUT2D eigenvalue weighted by atomic mass is 10.1. The molecule has 0 bridgehead atoms. The summed E-state index contributed by atoms with van der Waals surface area (Å²) in [5.41, 5.74) is 1.72. The SMILES string of the molecule is CC(Oc1ccc(C(=O)C2CC2)nc1)c1cc(-c2ccc(C=O)c(F)c2)ns1.CN1CCSC1. The smallest absolute Gasteiger partial charge is 0.184 e. The molecule has 6 nitrogen and oxygen atoms in total. The van der Waals surface area contributed by atoms with Crippen LogP contribution in [0.3, 0.4) is 0 Å². The van der Waals surface area contributed by atoms with Crippen molar-refractivity contribution in [2.45, 2.75) is 25.9 Å². The van der Waals surface area contributed by atoms with Crippen LogP contribution in [0.4, 0.5) is 4.39 Å². The van der Waals surface area contributed by atoms with Crippen LogP contribution in [-0.2, 0) is 0 Å². The molecule has 2 fully saturated rings. The molecule has 1 aliphatic carbocycles. The van der Waals surface area contributed by atoms with Crippen LogP contribution in [0.1, 0.15) is 51.6 Å². The first kappa shape index (κ1) is 24.5. The summed E-state index contributed by atoms with van der Waals surface area (Å²) >= 11 is 3.27. The minimum atomic E-state index is -0.571. The van der Waals surface area contributed by atoms with Gasteiger partial charge in [0.05, 0.1) is 22.3 Å². The van der Waals surface area contributed by atoms with Gasteiger partial charge in [-0.2, -0.15) is 4.37 Å². The normalized spacial score (nSPS) is 16.4. The number of aldehydes is 1. The fourth-order valence-electron chi connectivity index (χ4n) is 3.32. The molecule has 1 aromatic carbocycles. The third-order valence-electron chi connectivity index (χ3n) is 5.53. The Kier molecular flexibility index (Phi) is 8.07. The van der Waals surface area contributed by atoms with E-state index in [2.05, 4.69) is 21.3 Å². The highest BCUT2D eigenvalue weighted by Crippen LogP contribution is 2.33. The molecule has 1 unspecified atom stereocenters. The molecule has 1 saturated heterocycles. The Morgan fingerprint density at radius 2 is 2.09 bits per heavy atom. The zero-order chi connectivity index (χ0) is 24.1. The molecule has 34 heavy (non-hydrogen) atoms. The second-order valence-electron chi connectivity index (χ2n) is 8.36. The Morgan fingerprint density at radius 1 is 1.26 bits per heavy atom. The molecule has 0 amide bonds. The van der Waals surface area contributed by atoms with E-state index in [9.17, 15) is 14.0 Å². The summed E-state index contributed by atoms with van der Waals surface area (Å²) in [5.74, 6) is 2.80. The van der Waals surface area contributed by atoms with Gasteiger partial charge in [-0.05, 0) is 68.7 Å². The van der Waals surface area contributed by atoms with Crippen molar-refractivity contribution in [2.75, 3.05) is 25.2 Å². The average Bonchev–Trinajstić information content (AvgIpc) is 3.37. The Bertz CT molecular complexity index is 1140. The molecule has 3 heterocycles. The van der Waals surface area contributed by atoms with Crippen molar-refractivity contribution < 1.29 is 18.7 Å². The largest absolute Gasteiger partial charge is 0.484 e. The van der Waals surface area contributed by atoms with Crippen LogP contribution in [-0.4, -0.2) is 51.5 Å². The van der Waals surface area contributed by atoms with Crippen molar-refractivity contribution in [2.24, 2.45) is 5.92 Å². The number of hydrogen-bond acceptors (Lipinski definition) is 8. The molecule has 2 aromatic heterocycles. The van der Waals surface area contributed by atoms with E-state index in [0.29, 0.717) is 29.0 Å². The third-order valence-corrected chi connectivity index (χ3v) is 7.57. The quantitative estimate of drug-likeness (QED) is 0.313. The van der Waals surface area contributed by atoms with Gasteiger partial charge in [0.25, 0.3) is 0 Å². The molecular formula is C25H26FN3O3S2. The van der Waals surface area contributed by atoms with Crippen LogP contribution in [0.25, 0.3) is 11.3 Å². The number of ketones is 1. The number of aromatic nitrogens is 2. The number of rotatable bonds is 7. The zero-order valence-electron chi connectivity index (χ0n) is 19.1. The Morgan fingerprint density at radius 3 is 2.65 bits per heavy atom. The summed E-state index contributed by atoms with van der Waals surface area (Å²) in [6.45, 7) is 3.17. The number of thioether (sulfide) groups is 1. The molecule has 1 atom stereocenters. The summed E-state index contributed by atoms with van der Waals surface area (Å²) in [5, 5.41) is 0. The first-order valence-corrected chi connectivity index (χ1v) is 13.0. The van der Waals surface area contributed by atoms with Crippen molar-refractivity contribution in [3.8, 4) is 17.0 Å². The van der Waals surface area contributed by atoms with E-state index < -0.39 is 5.82 Å². The van der Waals surface area contributed by atoms with Crippen molar-refractivity contribution in [3.05, 3.63) is 64.5 Å². The first-order valence-electron chi connectivity index (χ1n) is 11.1. The zero-order valence-corrected chi connectivity index (χ0v) is 20.7. The van der Waals surface area contributed by atoms with Gasteiger partial charge in [0.15, 0.2) is 12.1 Å². The van der Waals surface area contributed by atoms with Gasteiger partial charge in [-0.3, -0.25) is 14.5 Å². The number of Topliss-reactive ketones (excluding diaryl/α,β-unsaturated/α-hetero) is 1. The molecule has 9 heteroatoms. The standard InChI is InChI=1S/C21H17FN2O3S.C4H9NS/c1-12(27-16-6-7-18(23-10-16)21(26)13-2-3-13)20-9-19(24-28-20)14-4-5-15(11-25)17(22)8-14;1-5-2-3-6-4-5/h4-13H,2-3H2,1H3;2-4H2,1H3. The topological polar surface area (TPSA) is 72.4 Å². The second kappa shape index (κ2) is 11.2. The highest BCUT2D eigenvalue weighted by Gasteiger charge is 2.31. The van der Waals surface area contributed by atoms with Gasteiger partial charge in [-0.25, -0.2) is 9.37 Å². The van der Waals surface area contributed by atoms with Gasteiger partial charge >= 0.3 is 0 Å². The number of halogens is 1. The maximum atomic E-state index is 13.8. The molecule has 3 aromatic rings. The number of nitrogens with zero attached hydrogens (tertiary/aromatic N) is 3. The lowest BCUT2D eigenvalue weighted by Gasteiger charge is -2.12. The number of hydrogen-bond donors (Lipinski definition) is 0. The number of carbonyl (C=O) groups excluding carboxylic acids is 2. The van der Waals surface area contributed by atoms with E-state index in [1.165, 1.54) is 41.8 Å². The number of carbonyl (C=O) groups is 2. The average molecular weight is 500 g/mol. The van der Waals surface area contributed by atoms with E-state index in [0.717, 1.165) is 17.7 Å². The number of ether oxygens (including phenoxy) is 1. The van der Waals surface area contributed by atoms with Crippen LogP contribution in [0.5, 0.6) is 5.75 Å². The van der Waals surface area contributed by atoms with Gasteiger partial charge in [0.2, 0.25) is 0 Å². The van der Waals surface area contributed by atoms with Crippen LogP contribution < -0.4 is 4.74 Å². The summed E-state index contributed by atoms with van der Waals surface area (Å²) in [6.07, 6.45) is 3.66. The van der Waals surface area contributed by atoms with Gasteiger partial charge in [-0.15, -0.1) is 11.8 Å². The Labute approximate surface area is 206 Å². The molecule has 1 aliphatic heterocycles. The van der Waals surface area contributed by atoms with Crippen LogP contribution in [0.2, 0.25) is 0 Å². The molecule has 178 valence electrons. The van der Waals surface area contributed by atoms with Gasteiger partial charge in [0, 0.05) is 29.7 Å². The fourth-order valence-corrected chi connectivity index (χ4v) is 5.05. The minimum absolute atomic E-state index is 0.0204. The molecule has 0 N–H and O–H groups in total. The molecule has 0 spiro atoms. The summed E-state index contributed by atoms with van der Waals surface area (Å²) in [7, 11) is 2.15. The van der Waals surface area contributed by atoms with E-state index in [4.69, 9.17) is 4.74 Å². The Balaban J connectivity index is 0.000000398. The third kappa shape index (κ3) is 6.28. The van der Waals surface area contributed by atoms with E-state index in [1.54, 1.807) is 24.4 Å². The molecule has 0 radical (unpaired) electrons. The predicted octanol–water partition coefficient (Wildman–Crippen LogP) is 5.51. The molecule has 5 rings (SSSR count). The molecule has 2 aliphatic rings. The lowest BCUT2D eigenvalue weighted by molar-refractivity contribution is 0.0962. The van der Waals surface area contributed by atoms with Crippen molar-refractivity contribution in [1.29, 1.82) is 0 Å². The van der Waals surface area contributed by atoms with Gasteiger partial charge in [0.1, 0.15) is 23.4 Å². The van der Waals surface area contributed by atoms with E-state index in [1.807, 2.05) is 24.8 Å². The van der Waals surface area contributed by atoms with Crippen LogP contribution in [0.15, 0.2) is 42.6 Å². The molecule has 1 saturated carbocycles. The lowest BCUT2D eigenvalue weighted by Crippen LogP contribution is -2.11. The predicted molar refractivity (Wildman–Crippen MR) is 133 cm³/mol. The van der Waals surface area contributed by atoms with Crippen LogP contribution in [0, 0.1) is 11.7 Å². The number of benzene rings is 1. The van der Waals surface area contributed by atoms with E-state index in [-0.39, 0.29) is 23.4 Å². The minimum Gasteiger partial charge on any atom is -0.484 e. The summed E-state index contributed by atoms with van der Waals surface area (Å²) in [6, 6.07) is 9.67. The molecular weight excluding hydrogens is 473 g/mol. The van der Waals surface area contributed by atoms with Crippen molar-refractivity contribution >= 4 is 35.4 Å². The maximum Gasteiger partial charge on any atom is 0.184 e. The van der Waals surface area contributed by atoms with E-state index >= 15 is 0 Å². The maximum absolute atomic E-state index is 13.8. The highest BCUT2D eigenvalue weighted by molar-refractivity contribution is 7.99. The summed E-state index contributed by atoms with van der Waals surface area (Å²) < 4.78 is 24.1. The number of pyridine rings is 1. The highest BCUT2D eigenvalue weighted by atomic mass is 32.2. The second-order valence-corrected chi connectivity index (χ2v) is 10.3. The first-order chi connectivity index (χ1) is 16.4.